The molecule has 0 saturated heterocycles. The van der Waals surface area contributed by atoms with Gasteiger partial charge >= 0.3 is 6.01 Å². The van der Waals surface area contributed by atoms with Gasteiger partial charge in [-0.2, -0.15) is 4.98 Å². The van der Waals surface area contributed by atoms with E-state index in [1.807, 2.05) is 53.0 Å². The summed E-state index contributed by atoms with van der Waals surface area (Å²) < 4.78 is 12.8. The molecule has 6 heteroatoms. The smallest absolute Gasteiger partial charge is 0.320 e. The monoisotopic (exact) mass is 384 g/mol. The van der Waals surface area contributed by atoms with Crippen LogP contribution in [0.4, 0.5) is 0 Å². The Bertz CT molecular complexity index is 657. The summed E-state index contributed by atoms with van der Waals surface area (Å²) in [5, 5.41) is 2.04. The molecule has 2 rings (SSSR count). The van der Waals surface area contributed by atoms with Crippen molar-refractivity contribution in [2.75, 3.05) is 0 Å². The molecule has 2 heterocycles. The summed E-state index contributed by atoms with van der Waals surface area (Å²) in [4.78, 5) is 8.78. The molecule has 2 aromatic rings. The second kappa shape index (κ2) is 6.16. The van der Waals surface area contributed by atoms with Gasteiger partial charge in [-0.05, 0) is 68.9 Å². The largest absolute Gasteiger partial charge is 0.471 e. The third-order valence-electron chi connectivity index (χ3n) is 2.41. The first-order chi connectivity index (χ1) is 10.0. The fraction of sp³-hybridized carbons (Fsp3) is 0.500. The average molecular weight is 385 g/mol. The number of ether oxygens (including phenoxy) is 2. The summed E-state index contributed by atoms with van der Waals surface area (Å²) in [6.07, 6.45) is 1.75. The van der Waals surface area contributed by atoms with E-state index >= 15 is 0 Å². The van der Waals surface area contributed by atoms with Crippen LogP contribution in [0.25, 0.3) is 11.1 Å². The molecular formula is C16H21BrN2O2S. The molecular weight excluding hydrogens is 364 g/mol. The van der Waals surface area contributed by atoms with Gasteiger partial charge in [0.15, 0.2) is 0 Å². The maximum atomic E-state index is 6.01. The van der Waals surface area contributed by atoms with Crippen molar-refractivity contribution in [3.05, 3.63) is 21.4 Å². The van der Waals surface area contributed by atoms with Crippen LogP contribution in [0.1, 0.15) is 41.5 Å². The first kappa shape index (κ1) is 17.2. The number of aromatic nitrogens is 2. The lowest BCUT2D eigenvalue weighted by Gasteiger charge is -2.24. The molecule has 0 amide bonds. The minimum atomic E-state index is -0.355. The first-order valence-corrected chi connectivity index (χ1v) is 8.70. The maximum Gasteiger partial charge on any atom is 0.320 e. The van der Waals surface area contributed by atoms with Gasteiger partial charge in [-0.15, -0.1) is 11.3 Å². The molecule has 120 valence electrons. The molecule has 0 saturated carbocycles. The molecule has 0 aromatic carbocycles. The number of hydrogen-bond donors (Lipinski definition) is 0. The van der Waals surface area contributed by atoms with E-state index in [2.05, 4.69) is 25.9 Å². The zero-order chi connectivity index (χ0) is 16.5. The topological polar surface area (TPSA) is 44.2 Å². The van der Waals surface area contributed by atoms with Gasteiger partial charge in [0.1, 0.15) is 11.2 Å². The predicted octanol–water partition coefficient (Wildman–Crippen LogP) is 5.32. The highest BCUT2D eigenvalue weighted by atomic mass is 79.9. The van der Waals surface area contributed by atoms with E-state index in [9.17, 15) is 0 Å². The lowest BCUT2D eigenvalue weighted by molar-refractivity contribution is 0.103. The molecule has 2 aromatic heterocycles. The van der Waals surface area contributed by atoms with Gasteiger partial charge in [-0.25, -0.2) is 4.98 Å². The van der Waals surface area contributed by atoms with Crippen molar-refractivity contribution in [2.45, 2.75) is 52.7 Å². The minimum absolute atomic E-state index is 0.324. The third-order valence-corrected chi connectivity index (χ3v) is 3.91. The van der Waals surface area contributed by atoms with Crippen molar-refractivity contribution >= 4 is 27.3 Å². The number of nitrogens with zero attached hydrogens (tertiary/aromatic N) is 2. The van der Waals surface area contributed by atoms with E-state index in [1.165, 1.54) is 0 Å². The summed E-state index contributed by atoms with van der Waals surface area (Å²) >= 11 is 5.10. The number of thiophene rings is 1. The molecule has 22 heavy (non-hydrogen) atoms. The van der Waals surface area contributed by atoms with Gasteiger partial charge < -0.3 is 9.47 Å². The van der Waals surface area contributed by atoms with Crippen molar-refractivity contribution in [3.8, 4) is 23.0 Å². The average Bonchev–Trinajstić information content (AvgIpc) is 2.71. The van der Waals surface area contributed by atoms with E-state index in [0.29, 0.717) is 11.9 Å². The molecule has 0 unspecified atom stereocenters. The van der Waals surface area contributed by atoms with E-state index in [4.69, 9.17) is 9.47 Å². The van der Waals surface area contributed by atoms with Crippen molar-refractivity contribution in [1.82, 2.24) is 9.97 Å². The van der Waals surface area contributed by atoms with Crippen LogP contribution in [0, 0.1) is 0 Å². The zero-order valence-corrected chi connectivity index (χ0v) is 16.1. The highest BCUT2D eigenvalue weighted by molar-refractivity contribution is 9.11. The van der Waals surface area contributed by atoms with Crippen LogP contribution in [0.15, 0.2) is 21.4 Å². The molecule has 0 radical (unpaired) electrons. The van der Waals surface area contributed by atoms with E-state index < -0.39 is 0 Å². The van der Waals surface area contributed by atoms with E-state index in [-0.39, 0.29) is 11.2 Å². The normalized spacial score (nSPS) is 12.3. The Kier molecular flexibility index (Phi) is 4.82. The maximum absolute atomic E-state index is 6.01. The molecule has 0 fully saturated rings. The fourth-order valence-corrected chi connectivity index (χ4v) is 2.85. The Morgan fingerprint density at radius 1 is 1.05 bits per heavy atom. The van der Waals surface area contributed by atoms with E-state index in [0.717, 1.165) is 14.9 Å². The van der Waals surface area contributed by atoms with Crippen LogP contribution < -0.4 is 9.47 Å². The van der Waals surface area contributed by atoms with Crippen LogP contribution in [0.2, 0.25) is 0 Å². The lowest BCUT2D eigenvalue weighted by Crippen LogP contribution is -2.26. The zero-order valence-electron chi connectivity index (χ0n) is 13.7. The van der Waals surface area contributed by atoms with Crippen LogP contribution >= 0.6 is 27.3 Å². The Balaban J connectivity index is 2.44. The first-order valence-electron chi connectivity index (χ1n) is 7.03. The quantitative estimate of drug-likeness (QED) is 0.717. The Labute approximate surface area is 144 Å². The highest BCUT2D eigenvalue weighted by Crippen LogP contribution is 2.35. The van der Waals surface area contributed by atoms with Gasteiger partial charge in [0.25, 0.3) is 0 Å². The molecule has 0 bridgehead atoms. The second-order valence-electron chi connectivity index (χ2n) is 6.94. The summed E-state index contributed by atoms with van der Waals surface area (Å²) in [6, 6.07) is 2.35. The van der Waals surface area contributed by atoms with Crippen LogP contribution in [0.5, 0.6) is 11.9 Å². The van der Waals surface area contributed by atoms with Gasteiger partial charge in [-0.3, -0.25) is 0 Å². The van der Waals surface area contributed by atoms with Gasteiger partial charge in [0.05, 0.1) is 9.35 Å². The number of rotatable bonds is 3. The molecule has 0 N–H and O–H groups in total. The van der Waals surface area contributed by atoms with Crippen molar-refractivity contribution in [2.24, 2.45) is 0 Å². The van der Waals surface area contributed by atoms with Crippen molar-refractivity contribution in [3.63, 3.8) is 0 Å². The fourth-order valence-electron chi connectivity index (χ4n) is 1.69. The second-order valence-corrected chi connectivity index (χ2v) is 9.23. The van der Waals surface area contributed by atoms with Gasteiger partial charge in [-0.1, -0.05) is 0 Å². The summed E-state index contributed by atoms with van der Waals surface area (Å²) in [5.41, 5.74) is 1.18. The molecule has 0 aliphatic heterocycles. The van der Waals surface area contributed by atoms with Crippen molar-refractivity contribution in [1.29, 1.82) is 0 Å². The molecule has 0 aliphatic rings. The van der Waals surface area contributed by atoms with Crippen LogP contribution in [-0.2, 0) is 0 Å². The van der Waals surface area contributed by atoms with Crippen molar-refractivity contribution < 1.29 is 9.47 Å². The molecule has 0 spiro atoms. The molecule has 0 atom stereocenters. The van der Waals surface area contributed by atoms with Gasteiger partial charge in [0, 0.05) is 11.8 Å². The van der Waals surface area contributed by atoms with E-state index in [1.54, 1.807) is 17.5 Å². The summed E-state index contributed by atoms with van der Waals surface area (Å²) in [7, 11) is 0. The predicted molar refractivity (Wildman–Crippen MR) is 93.8 cm³/mol. The number of halogens is 1. The Hall–Kier alpha value is -1.14. The summed E-state index contributed by atoms with van der Waals surface area (Å²) in [5.74, 6) is 0.534. The molecule has 0 aliphatic carbocycles. The standard InChI is InChI=1S/C16H21BrN2O2S/c1-15(2,3)20-13-11(10-7-12(17)22-9-10)8-18-14(19-13)21-16(4,5)6/h7-9H,1-6H3. The minimum Gasteiger partial charge on any atom is -0.471 e. The lowest BCUT2D eigenvalue weighted by atomic mass is 10.1. The Morgan fingerprint density at radius 3 is 2.18 bits per heavy atom. The highest BCUT2D eigenvalue weighted by Gasteiger charge is 2.21. The molecule has 4 nitrogen and oxygen atoms in total. The van der Waals surface area contributed by atoms with Crippen LogP contribution in [0.3, 0.4) is 0 Å². The van der Waals surface area contributed by atoms with Gasteiger partial charge in [0.2, 0.25) is 5.88 Å². The number of hydrogen-bond acceptors (Lipinski definition) is 5. The Morgan fingerprint density at radius 2 is 1.68 bits per heavy atom. The van der Waals surface area contributed by atoms with Crippen LogP contribution in [-0.4, -0.2) is 21.2 Å². The summed E-state index contributed by atoms with van der Waals surface area (Å²) in [6.45, 7) is 11.9. The SMILES string of the molecule is CC(C)(C)Oc1ncc(-c2csc(Br)c2)c(OC(C)(C)C)n1. The third kappa shape index (κ3) is 4.95.